The van der Waals surface area contributed by atoms with Gasteiger partial charge in [-0.2, -0.15) is 0 Å². The van der Waals surface area contributed by atoms with Gasteiger partial charge in [-0.25, -0.2) is 4.39 Å². The zero-order valence-corrected chi connectivity index (χ0v) is 7.00. The second-order valence-electron chi connectivity index (χ2n) is 2.82. The van der Waals surface area contributed by atoms with E-state index in [1.54, 1.807) is 18.3 Å². The van der Waals surface area contributed by atoms with Crippen molar-refractivity contribution in [1.82, 2.24) is 4.57 Å². The van der Waals surface area contributed by atoms with Gasteiger partial charge < -0.3 is 4.57 Å². The van der Waals surface area contributed by atoms with Crippen LogP contribution in [-0.4, -0.2) is 4.57 Å². The zero-order chi connectivity index (χ0) is 9.26. The molecule has 0 aliphatic heterocycles. The van der Waals surface area contributed by atoms with E-state index in [-0.39, 0.29) is 5.82 Å². The molecule has 1 aromatic carbocycles. The minimum Gasteiger partial charge on any atom is -0.336 e. The molecule has 1 aromatic heterocycles. The molecule has 2 rings (SSSR count). The molecule has 0 saturated heterocycles. The first-order valence-electron chi connectivity index (χ1n) is 4.00. The van der Waals surface area contributed by atoms with Crippen molar-refractivity contribution in [1.29, 1.82) is 0 Å². The maximum absolute atomic E-state index is 13.2. The lowest BCUT2D eigenvalue weighted by Crippen LogP contribution is -1.92. The minimum absolute atomic E-state index is 0.201. The highest BCUT2D eigenvalue weighted by molar-refractivity contribution is 5.80. The molecule has 0 N–H and O–H groups in total. The van der Waals surface area contributed by atoms with Gasteiger partial charge in [-0.15, -0.1) is 6.42 Å². The van der Waals surface area contributed by atoms with Crippen molar-refractivity contribution in [2.24, 2.45) is 0 Å². The van der Waals surface area contributed by atoms with E-state index in [2.05, 4.69) is 5.92 Å². The normalized spacial score (nSPS) is 10.2. The van der Waals surface area contributed by atoms with Crippen LogP contribution in [0.2, 0.25) is 0 Å². The monoisotopic (exact) mass is 173 g/mol. The van der Waals surface area contributed by atoms with Gasteiger partial charge in [-0.1, -0.05) is 12.0 Å². The molecule has 0 radical (unpaired) electrons. The summed E-state index contributed by atoms with van der Waals surface area (Å²) in [6.45, 7) is 0.479. The molecule has 13 heavy (non-hydrogen) atoms. The number of hydrogen-bond donors (Lipinski definition) is 0. The second-order valence-corrected chi connectivity index (χ2v) is 2.82. The van der Waals surface area contributed by atoms with Crippen LogP contribution < -0.4 is 0 Å². The van der Waals surface area contributed by atoms with E-state index in [4.69, 9.17) is 6.42 Å². The van der Waals surface area contributed by atoms with E-state index < -0.39 is 0 Å². The fourth-order valence-electron chi connectivity index (χ4n) is 1.42. The molecule has 1 nitrogen and oxygen atoms in total. The third-order valence-corrected chi connectivity index (χ3v) is 2.02. The first-order chi connectivity index (χ1) is 6.33. The number of fused-ring (bicyclic) bond motifs is 1. The summed E-state index contributed by atoms with van der Waals surface area (Å²) in [4.78, 5) is 0. The highest BCUT2D eigenvalue weighted by Gasteiger charge is 2.02. The lowest BCUT2D eigenvalue weighted by molar-refractivity contribution is 0.640. The van der Waals surface area contributed by atoms with E-state index in [1.807, 2.05) is 10.6 Å². The van der Waals surface area contributed by atoms with Crippen molar-refractivity contribution in [3.05, 3.63) is 36.3 Å². The van der Waals surface area contributed by atoms with Crippen LogP contribution in [0.1, 0.15) is 0 Å². The molecule has 0 saturated carbocycles. The van der Waals surface area contributed by atoms with Crippen molar-refractivity contribution in [3.63, 3.8) is 0 Å². The fraction of sp³-hybridized carbons (Fsp3) is 0.0909. The van der Waals surface area contributed by atoms with Crippen LogP contribution in [0.25, 0.3) is 10.9 Å². The van der Waals surface area contributed by atoms with Crippen LogP contribution in [0.4, 0.5) is 4.39 Å². The van der Waals surface area contributed by atoms with Crippen molar-refractivity contribution < 1.29 is 4.39 Å². The second kappa shape index (κ2) is 2.95. The molecule has 0 aliphatic carbocycles. The van der Waals surface area contributed by atoms with Crippen LogP contribution in [0.3, 0.4) is 0 Å². The van der Waals surface area contributed by atoms with Gasteiger partial charge in [0, 0.05) is 11.6 Å². The summed E-state index contributed by atoms with van der Waals surface area (Å²) in [6.07, 6.45) is 6.98. The molecule has 0 bridgehead atoms. The Hall–Kier alpha value is -1.75. The summed E-state index contributed by atoms with van der Waals surface area (Å²) < 4.78 is 15.0. The molecule has 0 unspecified atom stereocenters. The fourth-order valence-corrected chi connectivity index (χ4v) is 1.42. The number of terminal acetylenes is 1. The van der Waals surface area contributed by atoms with Gasteiger partial charge in [0.25, 0.3) is 0 Å². The standard InChI is InChI=1S/C11H8FN/c1-2-7-13-8-6-9-10(12)4-3-5-11(9)13/h1,3-6,8H,7H2. The van der Waals surface area contributed by atoms with E-state index in [0.717, 1.165) is 5.52 Å². The molecule has 0 spiro atoms. The summed E-state index contributed by atoms with van der Waals surface area (Å²) in [5.74, 6) is 2.32. The number of hydrogen-bond acceptors (Lipinski definition) is 0. The van der Waals surface area contributed by atoms with E-state index in [1.165, 1.54) is 6.07 Å². The van der Waals surface area contributed by atoms with E-state index in [0.29, 0.717) is 11.9 Å². The third kappa shape index (κ3) is 1.19. The average molecular weight is 173 g/mol. The van der Waals surface area contributed by atoms with Gasteiger partial charge in [0.05, 0.1) is 12.1 Å². The number of rotatable bonds is 1. The Kier molecular flexibility index (Phi) is 1.79. The van der Waals surface area contributed by atoms with Gasteiger partial charge in [0.2, 0.25) is 0 Å². The third-order valence-electron chi connectivity index (χ3n) is 2.02. The average Bonchev–Trinajstić information content (AvgIpc) is 2.51. The molecule has 0 aliphatic rings. The van der Waals surface area contributed by atoms with Gasteiger partial charge in [-0.05, 0) is 18.2 Å². The predicted molar refractivity (Wildman–Crippen MR) is 50.7 cm³/mol. The SMILES string of the molecule is C#CCn1ccc2c(F)cccc21. The van der Waals surface area contributed by atoms with Gasteiger partial charge in [-0.3, -0.25) is 0 Å². The lowest BCUT2D eigenvalue weighted by atomic mass is 10.2. The van der Waals surface area contributed by atoms with E-state index in [9.17, 15) is 4.39 Å². The molecule has 0 amide bonds. The van der Waals surface area contributed by atoms with Crippen LogP contribution >= 0.6 is 0 Å². The Labute approximate surface area is 75.8 Å². The van der Waals surface area contributed by atoms with Crippen molar-refractivity contribution in [2.45, 2.75) is 6.54 Å². The molecular formula is C11H8FN. The number of benzene rings is 1. The Morgan fingerprint density at radius 1 is 1.38 bits per heavy atom. The molecule has 0 fully saturated rings. The topological polar surface area (TPSA) is 4.93 Å². The van der Waals surface area contributed by atoms with Crippen LogP contribution in [0.15, 0.2) is 30.5 Å². The number of nitrogens with zero attached hydrogens (tertiary/aromatic N) is 1. The number of aromatic nitrogens is 1. The zero-order valence-electron chi connectivity index (χ0n) is 7.00. The summed E-state index contributed by atoms with van der Waals surface area (Å²) in [5.41, 5.74) is 0.845. The maximum Gasteiger partial charge on any atom is 0.132 e. The molecule has 0 atom stereocenters. The Morgan fingerprint density at radius 2 is 2.23 bits per heavy atom. The van der Waals surface area contributed by atoms with Gasteiger partial charge >= 0.3 is 0 Å². The van der Waals surface area contributed by atoms with E-state index >= 15 is 0 Å². The van der Waals surface area contributed by atoms with Gasteiger partial charge in [0.15, 0.2) is 0 Å². The molecular weight excluding hydrogens is 165 g/mol. The smallest absolute Gasteiger partial charge is 0.132 e. The predicted octanol–water partition coefficient (Wildman–Crippen LogP) is 2.41. The van der Waals surface area contributed by atoms with Crippen molar-refractivity contribution >= 4 is 10.9 Å². The largest absolute Gasteiger partial charge is 0.336 e. The number of halogens is 1. The minimum atomic E-state index is -0.201. The summed E-state index contributed by atoms with van der Waals surface area (Å²) in [5, 5.41) is 0.623. The Morgan fingerprint density at radius 3 is 3.00 bits per heavy atom. The van der Waals surface area contributed by atoms with Crippen LogP contribution in [0.5, 0.6) is 0 Å². The van der Waals surface area contributed by atoms with Gasteiger partial charge in [0.1, 0.15) is 5.82 Å². The molecule has 64 valence electrons. The summed E-state index contributed by atoms with van der Waals surface area (Å²) >= 11 is 0. The summed E-state index contributed by atoms with van der Waals surface area (Å²) in [6, 6.07) is 6.73. The van der Waals surface area contributed by atoms with Crippen molar-refractivity contribution in [3.8, 4) is 12.3 Å². The quantitative estimate of drug-likeness (QED) is 0.583. The highest BCUT2D eigenvalue weighted by Crippen LogP contribution is 2.18. The lowest BCUT2D eigenvalue weighted by Gasteiger charge is -1.98. The Balaban J connectivity index is 2.70. The maximum atomic E-state index is 13.2. The first-order valence-corrected chi connectivity index (χ1v) is 4.00. The molecule has 2 heteroatoms. The van der Waals surface area contributed by atoms with Crippen LogP contribution in [0, 0.1) is 18.2 Å². The molecule has 2 aromatic rings. The van der Waals surface area contributed by atoms with Crippen LogP contribution in [-0.2, 0) is 6.54 Å². The highest BCUT2D eigenvalue weighted by atomic mass is 19.1. The molecule has 1 heterocycles. The van der Waals surface area contributed by atoms with Crippen molar-refractivity contribution in [2.75, 3.05) is 0 Å². The Bertz CT molecular complexity index is 476. The summed E-state index contributed by atoms with van der Waals surface area (Å²) in [7, 11) is 0. The first kappa shape index (κ1) is 7.88.